The standard InChI is InChI=1S/C46H86N12O9/c1-4-5-6-7-8-9-10-11-12-13-14-21-39(62)55-35(29-38(48)61)43(65)54-32(19-17-27-53-46(49)50)22-23-37(60)40(58-44(66)36(30-59)57-42(64)33-20-18-26-51-33)45(67)56-34(28-31(2)3)41(63)52-25-16-15-24-47/h9-10,31-37,40,51,59-60H,4-8,11-30,47H2,1-3H3,(H2,48,61)(H,52,63)(H,54,65)(H,55,62)(H,56,67)(H,57,64)(H,58,66)(H4,49,50,53)/b10-9-/t32-,33-,34+,35-,36+,37+,40+/m1/s1. The largest absolute Gasteiger partial charge is 0.394 e. The van der Waals surface area contributed by atoms with Crippen LogP contribution < -0.4 is 60.2 Å². The normalized spacial score (nSPS) is 16.3. The number of unbranched alkanes of at least 4 members (excludes halogenated alkanes) is 8. The quantitative estimate of drug-likeness (QED) is 0.0162. The molecule has 1 saturated heterocycles. The van der Waals surface area contributed by atoms with Crippen LogP contribution in [0.5, 0.6) is 0 Å². The molecule has 21 heteroatoms. The molecule has 67 heavy (non-hydrogen) atoms. The van der Waals surface area contributed by atoms with Gasteiger partial charge in [-0.15, -0.1) is 0 Å². The van der Waals surface area contributed by atoms with Gasteiger partial charge in [0, 0.05) is 25.6 Å². The molecule has 384 valence electrons. The lowest BCUT2D eigenvalue weighted by Gasteiger charge is -2.29. The molecule has 0 aromatic carbocycles. The molecular weight excluding hydrogens is 865 g/mol. The summed E-state index contributed by atoms with van der Waals surface area (Å²) in [6.45, 7) is 6.63. The summed E-state index contributed by atoms with van der Waals surface area (Å²) in [5.74, 6) is -4.99. The van der Waals surface area contributed by atoms with Gasteiger partial charge in [-0.3, -0.25) is 38.6 Å². The Hall–Kier alpha value is -4.86. The van der Waals surface area contributed by atoms with Crippen LogP contribution >= 0.6 is 0 Å². The van der Waals surface area contributed by atoms with Crippen molar-refractivity contribution in [1.82, 2.24) is 37.2 Å². The number of nitrogens with two attached hydrogens (primary N) is 4. The molecule has 17 N–H and O–H groups in total. The van der Waals surface area contributed by atoms with Crippen molar-refractivity contribution in [3.63, 3.8) is 0 Å². The van der Waals surface area contributed by atoms with Crippen LogP contribution in [0.25, 0.3) is 0 Å². The van der Waals surface area contributed by atoms with Gasteiger partial charge in [-0.2, -0.15) is 0 Å². The fourth-order valence-electron chi connectivity index (χ4n) is 7.53. The Morgan fingerprint density at radius 3 is 2.03 bits per heavy atom. The molecule has 0 spiro atoms. The Balaban J connectivity index is 3.24. The summed E-state index contributed by atoms with van der Waals surface area (Å²) < 4.78 is 0. The summed E-state index contributed by atoms with van der Waals surface area (Å²) in [4.78, 5) is 96.7. The predicted molar refractivity (Wildman–Crippen MR) is 258 cm³/mol. The van der Waals surface area contributed by atoms with Gasteiger partial charge in [0.1, 0.15) is 24.2 Å². The van der Waals surface area contributed by atoms with Crippen LogP contribution in [0.4, 0.5) is 0 Å². The van der Waals surface area contributed by atoms with Gasteiger partial charge in [-0.1, -0.05) is 58.6 Å². The first-order valence-electron chi connectivity index (χ1n) is 24.5. The van der Waals surface area contributed by atoms with Gasteiger partial charge in [0.15, 0.2) is 5.96 Å². The average molecular weight is 951 g/mol. The van der Waals surface area contributed by atoms with Crippen molar-refractivity contribution in [2.75, 3.05) is 32.8 Å². The maximum atomic E-state index is 14.1. The Bertz CT molecular complexity index is 1540. The van der Waals surface area contributed by atoms with Crippen molar-refractivity contribution >= 4 is 47.3 Å². The minimum atomic E-state index is -1.70. The fourth-order valence-corrected chi connectivity index (χ4v) is 7.53. The van der Waals surface area contributed by atoms with E-state index in [9.17, 15) is 43.8 Å². The number of hydrogen-bond acceptors (Lipinski definition) is 12. The van der Waals surface area contributed by atoms with Crippen LogP contribution in [0.1, 0.15) is 149 Å². The van der Waals surface area contributed by atoms with Gasteiger partial charge in [-0.05, 0) is 109 Å². The van der Waals surface area contributed by atoms with Crippen LogP contribution in [-0.2, 0) is 33.6 Å². The SMILES string of the molecule is CCCCCC/C=C\CCCCCC(=O)N[C@H](CC(N)=O)C(=O)N[C@H](CCCN=C(N)N)CC[C@H](O)[C@H](NC(=O)[C@H](CO)NC(=O)[C@H]1CCCN1)C(=O)N[C@@H](CC(C)C)C(=O)NCCCCN. The monoisotopic (exact) mass is 951 g/mol. The molecule has 1 heterocycles. The highest BCUT2D eigenvalue weighted by Gasteiger charge is 2.36. The molecule has 1 aliphatic rings. The second-order valence-electron chi connectivity index (χ2n) is 17.9. The van der Waals surface area contributed by atoms with Gasteiger partial charge in [0.25, 0.3) is 0 Å². The van der Waals surface area contributed by atoms with Gasteiger partial charge in [0.05, 0.1) is 25.2 Å². The number of primary amides is 1. The molecule has 0 aliphatic carbocycles. The van der Waals surface area contributed by atoms with Crippen LogP contribution in [0.2, 0.25) is 0 Å². The van der Waals surface area contributed by atoms with E-state index in [1.165, 1.54) is 25.7 Å². The minimum Gasteiger partial charge on any atom is -0.394 e. The summed E-state index contributed by atoms with van der Waals surface area (Å²) in [6.07, 6.45) is 14.7. The number of aliphatic hydroxyl groups excluding tert-OH is 2. The zero-order chi connectivity index (χ0) is 50.0. The fraction of sp³-hybridized carbons (Fsp3) is 0.783. The first-order chi connectivity index (χ1) is 32.0. The number of amides is 7. The van der Waals surface area contributed by atoms with Crippen molar-refractivity contribution in [2.45, 2.75) is 192 Å². The molecule has 21 nitrogen and oxygen atoms in total. The van der Waals surface area contributed by atoms with E-state index in [4.69, 9.17) is 22.9 Å². The molecule has 0 aromatic heterocycles. The van der Waals surface area contributed by atoms with Gasteiger partial charge in [-0.25, -0.2) is 0 Å². The number of nitrogens with one attached hydrogen (secondary N) is 7. The smallest absolute Gasteiger partial charge is 0.245 e. The lowest BCUT2D eigenvalue weighted by Crippen LogP contribution is -2.61. The number of aliphatic imine (C=N–C) groups is 1. The van der Waals surface area contributed by atoms with Crippen molar-refractivity contribution in [3.05, 3.63) is 12.2 Å². The lowest BCUT2D eigenvalue weighted by molar-refractivity contribution is -0.137. The molecule has 1 rings (SSSR count). The Labute approximate surface area is 397 Å². The molecule has 1 fully saturated rings. The van der Waals surface area contributed by atoms with Crippen LogP contribution in [0.3, 0.4) is 0 Å². The molecule has 7 atom stereocenters. The molecular formula is C46H86N12O9. The Kier molecular flexibility index (Phi) is 32.5. The van der Waals surface area contributed by atoms with E-state index in [2.05, 4.69) is 61.3 Å². The highest BCUT2D eigenvalue weighted by molar-refractivity contribution is 5.95. The summed E-state index contributed by atoms with van der Waals surface area (Å²) in [5, 5.41) is 40.8. The number of rotatable bonds is 38. The van der Waals surface area contributed by atoms with E-state index in [1.807, 2.05) is 13.8 Å². The van der Waals surface area contributed by atoms with E-state index < -0.39 is 96.7 Å². The predicted octanol–water partition coefficient (Wildman–Crippen LogP) is -0.397. The van der Waals surface area contributed by atoms with Gasteiger partial charge < -0.3 is 70.4 Å². The molecule has 0 aromatic rings. The molecule has 0 unspecified atom stereocenters. The second-order valence-corrected chi connectivity index (χ2v) is 17.9. The minimum absolute atomic E-state index is 0.00334. The van der Waals surface area contributed by atoms with Crippen LogP contribution in [0.15, 0.2) is 17.1 Å². The van der Waals surface area contributed by atoms with E-state index in [1.54, 1.807) is 0 Å². The molecule has 0 radical (unpaired) electrons. The average Bonchev–Trinajstić information content (AvgIpc) is 3.83. The van der Waals surface area contributed by atoms with Crippen LogP contribution in [-0.4, -0.2) is 133 Å². The van der Waals surface area contributed by atoms with E-state index in [-0.39, 0.29) is 50.5 Å². The summed E-state index contributed by atoms with van der Waals surface area (Å²) in [5.41, 5.74) is 22.1. The Morgan fingerprint density at radius 2 is 1.43 bits per heavy atom. The summed E-state index contributed by atoms with van der Waals surface area (Å²) in [6, 6.07) is -6.84. The number of hydrogen-bond donors (Lipinski definition) is 13. The molecule has 7 amide bonds. The number of aliphatic hydroxyl groups is 2. The zero-order valence-electron chi connectivity index (χ0n) is 40.5. The number of carbonyl (C=O) groups excluding carboxylic acids is 7. The number of allylic oxidation sites excluding steroid dienone is 2. The Morgan fingerprint density at radius 1 is 0.746 bits per heavy atom. The highest BCUT2D eigenvalue weighted by atomic mass is 16.3. The lowest BCUT2D eigenvalue weighted by atomic mass is 9.97. The maximum Gasteiger partial charge on any atom is 0.245 e. The highest BCUT2D eigenvalue weighted by Crippen LogP contribution is 2.14. The third-order valence-electron chi connectivity index (χ3n) is 11.3. The molecule has 0 saturated carbocycles. The summed E-state index contributed by atoms with van der Waals surface area (Å²) >= 11 is 0. The molecule has 0 bridgehead atoms. The van der Waals surface area contributed by atoms with Crippen molar-refractivity contribution < 1.29 is 43.8 Å². The first-order valence-corrected chi connectivity index (χ1v) is 24.5. The maximum absolute atomic E-state index is 14.1. The van der Waals surface area contributed by atoms with Crippen molar-refractivity contribution in [1.29, 1.82) is 0 Å². The number of nitrogens with zero attached hydrogens (tertiary/aromatic N) is 1. The third-order valence-corrected chi connectivity index (χ3v) is 11.3. The van der Waals surface area contributed by atoms with E-state index in [0.29, 0.717) is 51.7 Å². The van der Waals surface area contributed by atoms with E-state index in [0.717, 1.165) is 32.1 Å². The van der Waals surface area contributed by atoms with Gasteiger partial charge >= 0.3 is 0 Å². The topological polar surface area (TPSA) is 361 Å². The van der Waals surface area contributed by atoms with Crippen molar-refractivity contribution in [2.24, 2.45) is 33.8 Å². The zero-order valence-corrected chi connectivity index (χ0v) is 40.5. The summed E-state index contributed by atoms with van der Waals surface area (Å²) in [7, 11) is 0. The molecule has 1 aliphatic heterocycles. The van der Waals surface area contributed by atoms with E-state index >= 15 is 0 Å². The number of guanidine groups is 1. The van der Waals surface area contributed by atoms with Crippen LogP contribution in [0, 0.1) is 5.92 Å². The number of carbonyl (C=O) groups is 7. The van der Waals surface area contributed by atoms with Gasteiger partial charge in [0.2, 0.25) is 41.4 Å². The first kappa shape index (κ1) is 60.2. The second kappa shape index (κ2) is 36.2. The van der Waals surface area contributed by atoms with Crippen molar-refractivity contribution in [3.8, 4) is 0 Å². The third kappa shape index (κ3) is 28.2.